The molecule has 1 fully saturated rings. The normalized spacial score (nSPS) is 17.1. The van der Waals surface area contributed by atoms with Crippen LogP contribution in [0.5, 0.6) is 0 Å². The van der Waals surface area contributed by atoms with Gasteiger partial charge in [-0.1, -0.05) is 19.3 Å². The Morgan fingerprint density at radius 1 is 1.31 bits per heavy atom. The first-order chi connectivity index (χ1) is 7.75. The van der Waals surface area contributed by atoms with E-state index in [1.54, 1.807) is 18.5 Å². The molecule has 1 aliphatic rings. The van der Waals surface area contributed by atoms with Crippen LogP contribution in [0.3, 0.4) is 0 Å². The maximum absolute atomic E-state index is 11.9. The lowest BCUT2D eigenvalue weighted by Crippen LogP contribution is -2.36. The zero-order chi connectivity index (χ0) is 11.4. The van der Waals surface area contributed by atoms with Crippen LogP contribution >= 0.6 is 15.9 Å². The van der Waals surface area contributed by atoms with E-state index in [-0.39, 0.29) is 5.91 Å². The van der Waals surface area contributed by atoms with Crippen LogP contribution in [0.1, 0.15) is 42.5 Å². The van der Waals surface area contributed by atoms with Crippen molar-refractivity contribution in [2.75, 3.05) is 0 Å². The zero-order valence-electron chi connectivity index (χ0n) is 9.08. The van der Waals surface area contributed by atoms with Gasteiger partial charge in [0, 0.05) is 22.9 Å². The summed E-state index contributed by atoms with van der Waals surface area (Å²) in [4.78, 5) is 15.9. The Kier molecular flexibility index (Phi) is 3.93. The Bertz CT molecular complexity index is 375. The third-order valence-corrected chi connectivity index (χ3v) is 3.34. The predicted molar refractivity (Wildman–Crippen MR) is 66.3 cm³/mol. The third-order valence-electron chi connectivity index (χ3n) is 2.91. The minimum absolute atomic E-state index is 0.0132. The van der Waals surface area contributed by atoms with Crippen LogP contribution in [-0.4, -0.2) is 16.9 Å². The molecule has 2 rings (SSSR count). The molecule has 1 aromatic heterocycles. The van der Waals surface area contributed by atoms with Crippen molar-refractivity contribution in [3.63, 3.8) is 0 Å². The van der Waals surface area contributed by atoms with Crippen LogP contribution in [-0.2, 0) is 0 Å². The van der Waals surface area contributed by atoms with E-state index in [0.29, 0.717) is 11.6 Å². The summed E-state index contributed by atoms with van der Waals surface area (Å²) >= 11 is 3.31. The number of carbonyl (C=O) groups is 1. The monoisotopic (exact) mass is 282 g/mol. The lowest BCUT2D eigenvalue weighted by molar-refractivity contribution is 0.0927. The fourth-order valence-electron chi connectivity index (χ4n) is 2.05. The van der Waals surface area contributed by atoms with Crippen molar-refractivity contribution >= 4 is 21.8 Å². The van der Waals surface area contributed by atoms with Crippen LogP contribution < -0.4 is 5.32 Å². The predicted octanol–water partition coefficient (Wildman–Crippen LogP) is 2.91. The van der Waals surface area contributed by atoms with E-state index in [2.05, 4.69) is 26.2 Å². The topological polar surface area (TPSA) is 42.0 Å². The molecule has 1 saturated carbocycles. The average Bonchev–Trinajstić information content (AvgIpc) is 2.30. The summed E-state index contributed by atoms with van der Waals surface area (Å²) in [5.74, 6) is -0.0132. The molecule has 3 nitrogen and oxygen atoms in total. The molecule has 0 unspecified atom stereocenters. The number of hydrogen-bond acceptors (Lipinski definition) is 2. The van der Waals surface area contributed by atoms with E-state index in [1.807, 2.05) is 0 Å². The Hall–Kier alpha value is -0.900. The van der Waals surface area contributed by atoms with Crippen LogP contribution in [0.2, 0.25) is 0 Å². The Morgan fingerprint density at radius 3 is 2.75 bits per heavy atom. The first-order valence-electron chi connectivity index (χ1n) is 5.67. The first kappa shape index (κ1) is 11.6. The maximum atomic E-state index is 11.9. The summed E-state index contributed by atoms with van der Waals surface area (Å²) in [6, 6.07) is 2.14. The summed E-state index contributed by atoms with van der Waals surface area (Å²) in [5.41, 5.74) is 0.625. The van der Waals surface area contributed by atoms with Crippen molar-refractivity contribution in [1.29, 1.82) is 0 Å². The number of carbonyl (C=O) groups excluding carboxylic acids is 1. The maximum Gasteiger partial charge on any atom is 0.253 e. The lowest BCUT2D eigenvalue weighted by Gasteiger charge is -2.22. The van der Waals surface area contributed by atoms with Crippen molar-refractivity contribution in [3.8, 4) is 0 Å². The summed E-state index contributed by atoms with van der Waals surface area (Å²) in [6.45, 7) is 0. The van der Waals surface area contributed by atoms with Crippen molar-refractivity contribution in [2.24, 2.45) is 0 Å². The number of nitrogens with zero attached hydrogens (tertiary/aromatic N) is 1. The fraction of sp³-hybridized carbons (Fsp3) is 0.500. The van der Waals surface area contributed by atoms with Gasteiger partial charge in [-0.25, -0.2) is 0 Å². The molecule has 0 saturated heterocycles. The molecule has 0 aromatic carbocycles. The van der Waals surface area contributed by atoms with Crippen molar-refractivity contribution in [2.45, 2.75) is 38.1 Å². The quantitative estimate of drug-likeness (QED) is 0.906. The van der Waals surface area contributed by atoms with Gasteiger partial charge in [-0.05, 0) is 34.8 Å². The van der Waals surface area contributed by atoms with E-state index in [0.717, 1.165) is 17.3 Å². The smallest absolute Gasteiger partial charge is 0.253 e. The van der Waals surface area contributed by atoms with Crippen LogP contribution in [0.25, 0.3) is 0 Å². The highest BCUT2D eigenvalue weighted by atomic mass is 79.9. The Balaban J connectivity index is 1.97. The van der Waals surface area contributed by atoms with E-state index in [1.165, 1.54) is 19.3 Å². The molecule has 1 N–H and O–H groups in total. The highest BCUT2D eigenvalue weighted by molar-refractivity contribution is 9.10. The Morgan fingerprint density at radius 2 is 2.06 bits per heavy atom. The van der Waals surface area contributed by atoms with Crippen molar-refractivity contribution in [1.82, 2.24) is 10.3 Å². The summed E-state index contributed by atoms with van der Waals surface area (Å²) < 4.78 is 0.837. The molecule has 4 heteroatoms. The number of halogens is 1. The molecule has 0 aliphatic heterocycles. The number of amides is 1. The van der Waals surface area contributed by atoms with Gasteiger partial charge in [0.1, 0.15) is 0 Å². The van der Waals surface area contributed by atoms with Gasteiger partial charge in [-0.15, -0.1) is 0 Å². The molecule has 1 heterocycles. The van der Waals surface area contributed by atoms with E-state index >= 15 is 0 Å². The second kappa shape index (κ2) is 5.43. The standard InChI is InChI=1S/C12H15BrN2O/c13-10-6-9(7-14-8-10)12(16)15-11-4-2-1-3-5-11/h6-8,11H,1-5H2,(H,15,16). The molecular weight excluding hydrogens is 268 g/mol. The highest BCUT2D eigenvalue weighted by Gasteiger charge is 2.16. The largest absolute Gasteiger partial charge is 0.349 e. The number of rotatable bonds is 2. The van der Waals surface area contributed by atoms with Crippen LogP contribution in [0.4, 0.5) is 0 Å². The summed E-state index contributed by atoms with van der Waals surface area (Å²) in [5, 5.41) is 3.06. The van der Waals surface area contributed by atoms with Gasteiger partial charge in [-0.2, -0.15) is 0 Å². The second-order valence-electron chi connectivity index (χ2n) is 4.20. The average molecular weight is 283 g/mol. The van der Waals surface area contributed by atoms with Crippen molar-refractivity contribution in [3.05, 3.63) is 28.5 Å². The van der Waals surface area contributed by atoms with Gasteiger partial charge in [0.25, 0.3) is 5.91 Å². The number of pyridine rings is 1. The lowest BCUT2D eigenvalue weighted by atomic mass is 9.95. The molecule has 16 heavy (non-hydrogen) atoms. The molecule has 86 valence electrons. The summed E-state index contributed by atoms with van der Waals surface area (Å²) in [7, 11) is 0. The molecule has 1 aromatic rings. The molecule has 0 spiro atoms. The molecule has 0 radical (unpaired) electrons. The fourth-order valence-corrected chi connectivity index (χ4v) is 2.42. The molecule has 1 amide bonds. The van der Waals surface area contributed by atoms with Crippen LogP contribution in [0.15, 0.2) is 22.9 Å². The highest BCUT2D eigenvalue weighted by Crippen LogP contribution is 2.18. The van der Waals surface area contributed by atoms with E-state index in [9.17, 15) is 4.79 Å². The van der Waals surface area contributed by atoms with Gasteiger partial charge >= 0.3 is 0 Å². The van der Waals surface area contributed by atoms with Gasteiger partial charge in [0.05, 0.1) is 5.56 Å². The molecular formula is C12H15BrN2O. The SMILES string of the molecule is O=C(NC1CCCCC1)c1cncc(Br)c1. The van der Waals surface area contributed by atoms with Gasteiger partial charge in [0.2, 0.25) is 0 Å². The summed E-state index contributed by atoms with van der Waals surface area (Å²) in [6.07, 6.45) is 9.23. The molecule has 1 aliphatic carbocycles. The number of aromatic nitrogens is 1. The first-order valence-corrected chi connectivity index (χ1v) is 6.46. The second-order valence-corrected chi connectivity index (χ2v) is 5.12. The zero-order valence-corrected chi connectivity index (χ0v) is 10.7. The van der Waals surface area contributed by atoms with E-state index in [4.69, 9.17) is 0 Å². The number of hydrogen-bond donors (Lipinski definition) is 1. The van der Waals surface area contributed by atoms with E-state index < -0.39 is 0 Å². The van der Waals surface area contributed by atoms with Gasteiger partial charge in [-0.3, -0.25) is 9.78 Å². The third kappa shape index (κ3) is 3.04. The minimum Gasteiger partial charge on any atom is -0.349 e. The number of nitrogens with one attached hydrogen (secondary N) is 1. The van der Waals surface area contributed by atoms with Crippen LogP contribution in [0, 0.1) is 0 Å². The van der Waals surface area contributed by atoms with Gasteiger partial charge in [0.15, 0.2) is 0 Å². The van der Waals surface area contributed by atoms with Crippen molar-refractivity contribution < 1.29 is 4.79 Å². The van der Waals surface area contributed by atoms with Gasteiger partial charge < -0.3 is 5.32 Å². The molecule has 0 bridgehead atoms. The molecule has 0 atom stereocenters. The minimum atomic E-state index is -0.0132. The Labute approximate surface area is 104 Å².